The van der Waals surface area contributed by atoms with E-state index >= 15 is 0 Å². The zero-order valence-corrected chi connectivity index (χ0v) is 28.1. The average molecular weight is 650 g/mol. The Morgan fingerprint density at radius 1 is 0.354 bits per heavy atom. The van der Waals surface area contributed by atoms with Crippen LogP contribution in [0.4, 0.5) is 0 Å². The third kappa shape index (κ3) is 8.82. The molecule has 0 aromatic heterocycles. The standard InChI is InChI=1S/C44H42O3P/c45-48(46-35-43(41-27-15-5-16-28-41,31-37-19-7-1-8-20-37)32-38-21-9-2-10-22-38)47-36-44(42-29-17-6-18-30-42,33-39-23-11-3-12-24-39)34-40-25-13-4-14-26-40/h1-30H,31-36H2/q+1. The molecule has 0 bridgehead atoms. The van der Waals surface area contributed by atoms with Crippen molar-refractivity contribution in [3.05, 3.63) is 215 Å². The molecule has 0 saturated carbocycles. The maximum atomic E-state index is 13.9. The van der Waals surface area contributed by atoms with Gasteiger partial charge in [0.1, 0.15) is 13.2 Å². The van der Waals surface area contributed by atoms with Crippen LogP contribution in [0.1, 0.15) is 33.4 Å². The minimum atomic E-state index is -2.44. The minimum Gasteiger partial charge on any atom is -0.118 e. The molecule has 6 rings (SSSR count). The van der Waals surface area contributed by atoms with Crippen molar-refractivity contribution in [2.24, 2.45) is 0 Å². The van der Waals surface area contributed by atoms with Gasteiger partial charge < -0.3 is 0 Å². The molecule has 0 spiro atoms. The van der Waals surface area contributed by atoms with Gasteiger partial charge in [0.05, 0.1) is 0 Å². The molecule has 6 aromatic carbocycles. The van der Waals surface area contributed by atoms with E-state index in [1.165, 1.54) is 22.3 Å². The molecule has 0 aliphatic heterocycles. The number of rotatable bonds is 16. The highest BCUT2D eigenvalue weighted by Gasteiger charge is 2.41. The molecule has 0 heterocycles. The highest BCUT2D eigenvalue weighted by molar-refractivity contribution is 7.33. The van der Waals surface area contributed by atoms with E-state index in [2.05, 4.69) is 146 Å². The van der Waals surface area contributed by atoms with Crippen LogP contribution in [0.3, 0.4) is 0 Å². The summed E-state index contributed by atoms with van der Waals surface area (Å²) >= 11 is 0. The maximum Gasteiger partial charge on any atom is 0.697 e. The van der Waals surface area contributed by atoms with Crippen LogP contribution in [-0.2, 0) is 50.1 Å². The second-order valence-corrected chi connectivity index (χ2v) is 13.7. The van der Waals surface area contributed by atoms with E-state index in [1.54, 1.807) is 0 Å². The van der Waals surface area contributed by atoms with Gasteiger partial charge in [0, 0.05) is 15.4 Å². The fraction of sp³-hybridized carbons (Fsp3) is 0.182. The zero-order valence-electron chi connectivity index (χ0n) is 27.2. The minimum absolute atomic E-state index is 0.242. The molecule has 6 aromatic rings. The number of hydrogen-bond donors (Lipinski definition) is 0. The third-order valence-corrected chi connectivity index (χ3v) is 9.89. The summed E-state index contributed by atoms with van der Waals surface area (Å²) in [5, 5.41) is 0. The van der Waals surface area contributed by atoms with Crippen molar-refractivity contribution in [3.8, 4) is 0 Å². The second-order valence-electron chi connectivity index (χ2n) is 12.7. The summed E-state index contributed by atoms with van der Waals surface area (Å²) in [5.74, 6) is 0. The van der Waals surface area contributed by atoms with Crippen LogP contribution in [0.5, 0.6) is 0 Å². The summed E-state index contributed by atoms with van der Waals surface area (Å²) in [7, 11) is -2.44. The van der Waals surface area contributed by atoms with Gasteiger partial charge in [0.2, 0.25) is 0 Å². The molecule has 0 radical (unpaired) electrons. The number of benzene rings is 6. The Bertz CT molecular complexity index is 1590. The Hall–Kier alpha value is -4.66. The quantitative estimate of drug-likeness (QED) is 0.0979. The molecule has 0 aliphatic rings. The van der Waals surface area contributed by atoms with E-state index in [0.29, 0.717) is 0 Å². The van der Waals surface area contributed by atoms with Crippen molar-refractivity contribution in [3.63, 3.8) is 0 Å². The SMILES string of the molecule is O=[P+](OCC(Cc1ccccc1)(Cc1ccccc1)c1ccccc1)OCC(Cc1ccccc1)(Cc1ccccc1)c1ccccc1. The van der Waals surface area contributed by atoms with Gasteiger partial charge in [-0.15, -0.1) is 9.05 Å². The van der Waals surface area contributed by atoms with E-state index in [0.717, 1.165) is 36.8 Å². The molecule has 0 aliphatic carbocycles. The predicted octanol–water partition coefficient (Wildman–Crippen LogP) is 10.5. The summed E-state index contributed by atoms with van der Waals surface area (Å²) in [6.07, 6.45) is 2.91. The van der Waals surface area contributed by atoms with Crippen molar-refractivity contribution in [2.45, 2.75) is 36.5 Å². The molecule has 240 valence electrons. The fourth-order valence-electron chi connectivity index (χ4n) is 6.82. The normalized spacial score (nSPS) is 11.7. The predicted molar refractivity (Wildman–Crippen MR) is 196 cm³/mol. The van der Waals surface area contributed by atoms with Crippen LogP contribution < -0.4 is 0 Å². The highest BCUT2D eigenvalue weighted by atomic mass is 31.1. The highest BCUT2D eigenvalue weighted by Crippen LogP contribution is 2.40. The van der Waals surface area contributed by atoms with E-state index in [9.17, 15) is 4.57 Å². The lowest BCUT2D eigenvalue weighted by Crippen LogP contribution is -2.37. The van der Waals surface area contributed by atoms with Crippen LogP contribution >= 0.6 is 8.25 Å². The Morgan fingerprint density at radius 2 is 0.583 bits per heavy atom. The van der Waals surface area contributed by atoms with E-state index in [-0.39, 0.29) is 13.2 Å². The maximum absolute atomic E-state index is 13.9. The van der Waals surface area contributed by atoms with Crippen molar-refractivity contribution in [1.82, 2.24) is 0 Å². The summed E-state index contributed by atoms with van der Waals surface area (Å²) in [6.45, 7) is 0.484. The Labute approximate surface area is 286 Å². The zero-order chi connectivity index (χ0) is 32.9. The molecular formula is C44H42O3P+. The smallest absolute Gasteiger partial charge is 0.118 e. The first-order valence-corrected chi connectivity index (χ1v) is 17.7. The van der Waals surface area contributed by atoms with Gasteiger partial charge in [-0.05, 0) is 59.1 Å². The van der Waals surface area contributed by atoms with Crippen molar-refractivity contribution in [2.75, 3.05) is 13.2 Å². The van der Waals surface area contributed by atoms with Crippen molar-refractivity contribution < 1.29 is 13.6 Å². The second kappa shape index (κ2) is 16.4. The molecule has 0 fully saturated rings. The summed E-state index contributed by atoms with van der Waals surface area (Å²) in [6, 6.07) is 62.9. The van der Waals surface area contributed by atoms with Gasteiger partial charge in [0.15, 0.2) is 0 Å². The Kier molecular flexibility index (Phi) is 11.4. The summed E-state index contributed by atoms with van der Waals surface area (Å²) < 4.78 is 26.6. The fourth-order valence-corrected chi connectivity index (χ4v) is 7.60. The van der Waals surface area contributed by atoms with Crippen molar-refractivity contribution >= 4 is 8.25 Å². The van der Waals surface area contributed by atoms with Gasteiger partial charge in [-0.3, -0.25) is 0 Å². The lowest BCUT2D eigenvalue weighted by Gasteiger charge is -2.34. The van der Waals surface area contributed by atoms with E-state index in [1.807, 2.05) is 36.4 Å². The lowest BCUT2D eigenvalue weighted by atomic mass is 9.72. The Morgan fingerprint density at radius 3 is 0.833 bits per heavy atom. The molecule has 0 unspecified atom stereocenters. The Balaban J connectivity index is 1.29. The van der Waals surface area contributed by atoms with Gasteiger partial charge in [0.25, 0.3) is 0 Å². The molecule has 0 atom stereocenters. The van der Waals surface area contributed by atoms with Crippen LogP contribution in [0.25, 0.3) is 0 Å². The van der Waals surface area contributed by atoms with Crippen LogP contribution in [0, 0.1) is 0 Å². The first-order chi connectivity index (χ1) is 23.6. The van der Waals surface area contributed by atoms with Crippen molar-refractivity contribution in [1.29, 1.82) is 0 Å². The topological polar surface area (TPSA) is 35.5 Å². The van der Waals surface area contributed by atoms with Crippen LogP contribution in [-0.4, -0.2) is 13.2 Å². The summed E-state index contributed by atoms with van der Waals surface area (Å²) in [5.41, 5.74) is 6.15. The first-order valence-electron chi connectivity index (χ1n) is 16.6. The van der Waals surface area contributed by atoms with Gasteiger partial charge in [-0.1, -0.05) is 182 Å². The molecular weight excluding hydrogens is 607 g/mol. The molecule has 48 heavy (non-hydrogen) atoms. The molecule has 4 heteroatoms. The monoisotopic (exact) mass is 649 g/mol. The van der Waals surface area contributed by atoms with Gasteiger partial charge in [-0.2, -0.15) is 0 Å². The van der Waals surface area contributed by atoms with Crippen LogP contribution in [0.15, 0.2) is 182 Å². The number of hydrogen-bond acceptors (Lipinski definition) is 3. The van der Waals surface area contributed by atoms with E-state index in [4.69, 9.17) is 9.05 Å². The van der Waals surface area contributed by atoms with Crippen LogP contribution in [0.2, 0.25) is 0 Å². The molecule has 0 amide bonds. The molecule has 0 saturated heterocycles. The molecule has 0 N–H and O–H groups in total. The van der Waals surface area contributed by atoms with Gasteiger partial charge >= 0.3 is 8.25 Å². The summed E-state index contributed by atoms with van der Waals surface area (Å²) in [4.78, 5) is 0. The third-order valence-electron chi connectivity index (χ3n) is 9.21. The average Bonchev–Trinajstić information content (AvgIpc) is 3.15. The van der Waals surface area contributed by atoms with Gasteiger partial charge in [-0.25, -0.2) is 0 Å². The van der Waals surface area contributed by atoms with E-state index < -0.39 is 19.1 Å². The first kappa shape index (κ1) is 33.2. The molecule has 3 nitrogen and oxygen atoms in total. The largest absolute Gasteiger partial charge is 0.697 e. The lowest BCUT2D eigenvalue weighted by molar-refractivity contribution is 0.149.